The Morgan fingerprint density at radius 2 is 1.80 bits per heavy atom. The Morgan fingerprint density at radius 3 is 2.52 bits per heavy atom. The van der Waals surface area contributed by atoms with Gasteiger partial charge in [0.1, 0.15) is 18.8 Å². The van der Waals surface area contributed by atoms with Crippen molar-refractivity contribution < 1.29 is 19.7 Å². The molecule has 1 amide bonds. The Labute approximate surface area is 147 Å². The molecule has 2 aromatic carbocycles. The normalized spacial score (nSPS) is 13.1. The van der Waals surface area contributed by atoms with Gasteiger partial charge in [-0.25, -0.2) is 4.79 Å². The van der Waals surface area contributed by atoms with E-state index in [1.807, 2.05) is 36.4 Å². The maximum atomic E-state index is 11.7. The summed E-state index contributed by atoms with van der Waals surface area (Å²) in [5.74, 6) is 0. The zero-order valence-electron chi connectivity index (χ0n) is 14.0. The van der Waals surface area contributed by atoms with E-state index < -0.39 is 18.3 Å². The van der Waals surface area contributed by atoms with Gasteiger partial charge in [0.15, 0.2) is 0 Å². The zero-order chi connectivity index (χ0) is 18.1. The van der Waals surface area contributed by atoms with Crippen molar-refractivity contribution in [3.63, 3.8) is 0 Å². The Morgan fingerprint density at radius 1 is 1.08 bits per heavy atom. The van der Waals surface area contributed by atoms with Crippen molar-refractivity contribution in [2.45, 2.75) is 25.2 Å². The van der Waals surface area contributed by atoms with Crippen LogP contribution in [0.4, 0.5) is 4.79 Å². The van der Waals surface area contributed by atoms with Crippen LogP contribution >= 0.6 is 0 Å². The molecule has 0 aromatic heterocycles. The third-order valence-electron chi connectivity index (χ3n) is 3.76. The quantitative estimate of drug-likeness (QED) is 0.581. The monoisotopic (exact) mass is 344 g/mol. The Balaban J connectivity index is 1.79. The largest absolute Gasteiger partial charge is 0.445 e. The molecular weight excluding hydrogens is 320 g/mol. The number of hydrogen-bond acceptors (Lipinski definition) is 5. The fourth-order valence-electron chi connectivity index (χ4n) is 2.40. The van der Waals surface area contributed by atoms with Crippen LogP contribution < -0.4 is 11.1 Å². The highest BCUT2D eigenvalue weighted by molar-refractivity contribution is 5.67. The zero-order valence-corrected chi connectivity index (χ0v) is 14.0. The Bertz CT molecular complexity index is 663. The summed E-state index contributed by atoms with van der Waals surface area (Å²) in [6, 6.07) is 16.5. The lowest BCUT2D eigenvalue weighted by Crippen LogP contribution is -2.35. The average molecular weight is 344 g/mol. The summed E-state index contributed by atoms with van der Waals surface area (Å²) in [7, 11) is 0. The molecule has 2 atom stereocenters. The molecule has 0 aliphatic rings. The number of hydrogen-bond donors (Lipinski definition) is 4. The number of carbonyl (C=O) groups excluding carboxylic acids is 1. The van der Waals surface area contributed by atoms with Gasteiger partial charge in [-0.2, -0.15) is 0 Å². The molecule has 0 radical (unpaired) electrons. The van der Waals surface area contributed by atoms with E-state index in [2.05, 4.69) is 5.32 Å². The van der Waals surface area contributed by atoms with Crippen molar-refractivity contribution in [2.24, 2.45) is 5.73 Å². The molecule has 2 aromatic rings. The molecule has 0 saturated heterocycles. The van der Waals surface area contributed by atoms with Crippen LogP contribution in [0.2, 0.25) is 0 Å². The number of rotatable bonds is 8. The smallest absolute Gasteiger partial charge is 0.407 e. The SMILES string of the molecule is NCCc1cccc(C(O)C(O)CNC(=O)OCc2ccccc2)c1. The second kappa shape index (κ2) is 9.78. The molecule has 0 fully saturated rings. The van der Waals surface area contributed by atoms with Gasteiger partial charge in [0, 0.05) is 6.54 Å². The number of carbonyl (C=O) groups is 1. The van der Waals surface area contributed by atoms with Crippen LogP contribution in [0.1, 0.15) is 22.8 Å². The molecule has 6 nitrogen and oxygen atoms in total. The van der Waals surface area contributed by atoms with Crippen LogP contribution in [-0.4, -0.2) is 35.5 Å². The molecule has 0 heterocycles. The van der Waals surface area contributed by atoms with Crippen molar-refractivity contribution in [3.8, 4) is 0 Å². The molecule has 0 saturated carbocycles. The highest BCUT2D eigenvalue weighted by Gasteiger charge is 2.19. The number of amides is 1. The summed E-state index contributed by atoms with van der Waals surface area (Å²) in [5, 5.41) is 22.8. The molecule has 2 unspecified atom stereocenters. The lowest BCUT2D eigenvalue weighted by molar-refractivity contribution is 0.0183. The number of aliphatic hydroxyl groups is 2. The van der Waals surface area contributed by atoms with Crippen molar-refractivity contribution >= 4 is 6.09 Å². The molecule has 5 N–H and O–H groups in total. The predicted molar refractivity (Wildman–Crippen MR) is 94.8 cm³/mol. The summed E-state index contributed by atoms with van der Waals surface area (Å²) in [5.41, 5.74) is 7.96. The van der Waals surface area contributed by atoms with Crippen LogP contribution in [0, 0.1) is 0 Å². The van der Waals surface area contributed by atoms with E-state index in [0.717, 1.165) is 11.1 Å². The van der Waals surface area contributed by atoms with Crippen molar-refractivity contribution in [1.82, 2.24) is 5.32 Å². The summed E-state index contributed by atoms with van der Waals surface area (Å²) in [6.07, 6.45) is -2.20. The second-order valence-corrected chi connectivity index (χ2v) is 5.74. The molecule has 134 valence electrons. The number of aliphatic hydroxyl groups excluding tert-OH is 2. The van der Waals surface area contributed by atoms with Crippen molar-refractivity contribution in [1.29, 1.82) is 0 Å². The fourth-order valence-corrected chi connectivity index (χ4v) is 2.40. The van der Waals surface area contributed by atoms with E-state index in [4.69, 9.17) is 10.5 Å². The van der Waals surface area contributed by atoms with Gasteiger partial charge in [0.05, 0.1) is 0 Å². The van der Waals surface area contributed by atoms with Gasteiger partial charge in [0.25, 0.3) is 0 Å². The van der Waals surface area contributed by atoms with Crippen LogP contribution in [-0.2, 0) is 17.8 Å². The van der Waals surface area contributed by atoms with Crippen molar-refractivity contribution in [2.75, 3.05) is 13.1 Å². The van der Waals surface area contributed by atoms with E-state index in [9.17, 15) is 15.0 Å². The molecule has 0 aliphatic carbocycles. The third-order valence-corrected chi connectivity index (χ3v) is 3.76. The van der Waals surface area contributed by atoms with Gasteiger partial charge in [-0.1, -0.05) is 54.6 Å². The first kappa shape index (κ1) is 18.9. The maximum Gasteiger partial charge on any atom is 0.407 e. The second-order valence-electron chi connectivity index (χ2n) is 5.74. The van der Waals surface area contributed by atoms with Gasteiger partial charge in [-0.15, -0.1) is 0 Å². The average Bonchev–Trinajstić information content (AvgIpc) is 2.65. The standard InChI is InChI=1S/C19H24N2O4/c20-10-9-14-7-4-8-16(11-14)18(23)17(22)12-21-19(24)25-13-15-5-2-1-3-6-15/h1-8,11,17-18,22-23H,9-10,12-13,20H2,(H,21,24). The molecule has 0 spiro atoms. The van der Waals surface area contributed by atoms with E-state index in [0.29, 0.717) is 18.5 Å². The predicted octanol–water partition coefficient (Wildman–Crippen LogP) is 1.51. The van der Waals surface area contributed by atoms with Gasteiger partial charge >= 0.3 is 6.09 Å². The Kier molecular flexibility index (Phi) is 7.40. The lowest BCUT2D eigenvalue weighted by Gasteiger charge is -2.19. The molecule has 25 heavy (non-hydrogen) atoms. The fraction of sp³-hybridized carbons (Fsp3) is 0.316. The number of ether oxygens (including phenoxy) is 1. The Hall–Kier alpha value is -2.41. The van der Waals surface area contributed by atoms with Crippen LogP contribution in [0.5, 0.6) is 0 Å². The van der Waals surface area contributed by atoms with Gasteiger partial charge in [-0.05, 0) is 29.7 Å². The van der Waals surface area contributed by atoms with Gasteiger partial charge in [0.2, 0.25) is 0 Å². The molecule has 0 aliphatic heterocycles. The van der Waals surface area contributed by atoms with E-state index in [1.165, 1.54) is 0 Å². The summed E-state index contributed by atoms with van der Waals surface area (Å²) in [6.45, 7) is 0.541. The number of alkyl carbamates (subject to hydrolysis) is 1. The highest BCUT2D eigenvalue weighted by Crippen LogP contribution is 2.18. The summed E-state index contributed by atoms with van der Waals surface area (Å²) in [4.78, 5) is 11.7. The number of nitrogens with one attached hydrogen (secondary N) is 1. The molecule has 0 bridgehead atoms. The summed E-state index contributed by atoms with van der Waals surface area (Å²) >= 11 is 0. The molecule has 2 rings (SSSR count). The highest BCUT2D eigenvalue weighted by atomic mass is 16.5. The van der Waals surface area contributed by atoms with Gasteiger partial charge in [-0.3, -0.25) is 0 Å². The molecular formula is C19H24N2O4. The van der Waals surface area contributed by atoms with E-state index >= 15 is 0 Å². The summed E-state index contributed by atoms with van der Waals surface area (Å²) < 4.78 is 5.06. The van der Waals surface area contributed by atoms with E-state index in [1.54, 1.807) is 18.2 Å². The molecule has 6 heteroatoms. The minimum absolute atomic E-state index is 0.115. The first-order valence-electron chi connectivity index (χ1n) is 8.19. The minimum atomic E-state index is -1.14. The van der Waals surface area contributed by atoms with Crippen LogP contribution in [0.3, 0.4) is 0 Å². The topological polar surface area (TPSA) is 105 Å². The van der Waals surface area contributed by atoms with Crippen molar-refractivity contribution in [3.05, 3.63) is 71.3 Å². The maximum absolute atomic E-state index is 11.7. The third kappa shape index (κ3) is 6.19. The van der Waals surface area contributed by atoms with Crippen LogP contribution in [0.15, 0.2) is 54.6 Å². The number of benzene rings is 2. The number of nitrogens with two attached hydrogens (primary N) is 1. The lowest BCUT2D eigenvalue weighted by atomic mass is 10.0. The minimum Gasteiger partial charge on any atom is -0.445 e. The van der Waals surface area contributed by atoms with Crippen LogP contribution in [0.25, 0.3) is 0 Å². The first-order chi connectivity index (χ1) is 12.1. The first-order valence-corrected chi connectivity index (χ1v) is 8.19. The van der Waals surface area contributed by atoms with Gasteiger partial charge < -0.3 is 26.0 Å². The van der Waals surface area contributed by atoms with E-state index in [-0.39, 0.29) is 13.2 Å².